The highest BCUT2D eigenvalue weighted by molar-refractivity contribution is 5.73. The molecule has 0 radical (unpaired) electrons. The number of carbonyl (C=O) groups excluding carboxylic acids is 3. The zero-order chi connectivity index (χ0) is 12.7. The maximum Gasteiger partial charge on any atom is 0.302 e. The van der Waals surface area contributed by atoms with Crippen LogP contribution in [0.5, 0.6) is 0 Å². The van der Waals surface area contributed by atoms with Crippen LogP contribution in [0.15, 0.2) is 0 Å². The molecule has 0 saturated carbocycles. The SMILES string of the molecule is CC(=O)N[C@H](COC(C)=O)[C@@H](C)OC(C)=O. The molecular formula is C10H17NO5. The number of nitrogens with one attached hydrogen (secondary N) is 1. The van der Waals surface area contributed by atoms with Gasteiger partial charge in [0.05, 0.1) is 6.04 Å². The second kappa shape index (κ2) is 6.81. The van der Waals surface area contributed by atoms with Gasteiger partial charge in [-0.3, -0.25) is 14.4 Å². The van der Waals surface area contributed by atoms with E-state index in [2.05, 4.69) is 5.32 Å². The molecule has 0 fully saturated rings. The minimum Gasteiger partial charge on any atom is -0.464 e. The van der Waals surface area contributed by atoms with Crippen LogP contribution >= 0.6 is 0 Å². The minimum absolute atomic E-state index is 0.0244. The smallest absolute Gasteiger partial charge is 0.302 e. The first-order valence-corrected chi connectivity index (χ1v) is 4.90. The molecule has 0 aliphatic carbocycles. The van der Waals surface area contributed by atoms with Gasteiger partial charge in [-0.1, -0.05) is 0 Å². The van der Waals surface area contributed by atoms with Gasteiger partial charge in [-0.25, -0.2) is 0 Å². The molecule has 6 nitrogen and oxygen atoms in total. The maximum atomic E-state index is 10.9. The third-order valence-corrected chi connectivity index (χ3v) is 1.77. The number of esters is 2. The average molecular weight is 231 g/mol. The molecule has 2 atom stereocenters. The van der Waals surface area contributed by atoms with Crippen LogP contribution in [0.3, 0.4) is 0 Å². The fourth-order valence-corrected chi connectivity index (χ4v) is 1.11. The Bertz CT molecular complexity index is 276. The minimum atomic E-state index is -0.555. The molecule has 1 amide bonds. The van der Waals surface area contributed by atoms with Crippen LogP contribution in [-0.4, -0.2) is 36.6 Å². The predicted molar refractivity (Wildman–Crippen MR) is 55.5 cm³/mol. The van der Waals surface area contributed by atoms with Gasteiger partial charge in [-0.15, -0.1) is 0 Å². The standard InChI is InChI=1S/C10H17NO5/c1-6(16-9(4)14)10(11-7(2)12)5-15-8(3)13/h6,10H,5H2,1-4H3,(H,11,12)/t6-,10-/m1/s1. The molecule has 0 rings (SSSR count). The lowest BCUT2D eigenvalue weighted by Crippen LogP contribution is -2.46. The van der Waals surface area contributed by atoms with Crippen LogP contribution in [0.1, 0.15) is 27.7 Å². The van der Waals surface area contributed by atoms with Crippen LogP contribution in [0.2, 0.25) is 0 Å². The number of rotatable bonds is 5. The van der Waals surface area contributed by atoms with Gasteiger partial charge < -0.3 is 14.8 Å². The number of ether oxygens (including phenoxy) is 2. The van der Waals surface area contributed by atoms with E-state index in [1.807, 2.05) is 0 Å². The molecule has 0 aromatic carbocycles. The van der Waals surface area contributed by atoms with Crippen molar-refractivity contribution in [2.24, 2.45) is 0 Å². The second-order valence-corrected chi connectivity index (χ2v) is 3.42. The van der Waals surface area contributed by atoms with Crippen LogP contribution in [0.25, 0.3) is 0 Å². The number of hydrogen-bond donors (Lipinski definition) is 1. The van der Waals surface area contributed by atoms with Gasteiger partial charge in [0.2, 0.25) is 5.91 Å². The van der Waals surface area contributed by atoms with E-state index in [1.54, 1.807) is 6.92 Å². The summed E-state index contributed by atoms with van der Waals surface area (Å²) in [4.78, 5) is 32.3. The molecule has 0 aliphatic rings. The lowest BCUT2D eigenvalue weighted by molar-refractivity contribution is -0.150. The lowest BCUT2D eigenvalue weighted by atomic mass is 10.2. The van der Waals surface area contributed by atoms with Crippen molar-refractivity contribution in [3.05, 3.63) is 0 Å². The number of carbonyl (C=O) groups is 3. The zero-order valence-electron chi connectivity index (χ0n) is 9.90. The van der Waals surface area contributed by atoms with Crippen molar-refractivity contribution in [2.75, 3.05) is 6.61 Å². The summed E-state index contributed by atoms with van der Waals surface area (Å²) in [7, 11) is 0. The fraction of sp³-hybridized carbons (Fsp3) is 0.700. The third-order valence-electron chi connectivity index (χ3n) is 1.77. The molecule has 1 N–H and O–H groups in total. The van der Waals surface area contributed by atoms with E-state index in [-0.39, 0.29) is 12.5 Å². The van der Waals surface area contributed by atoms with E-state index in [1.165, 1.54) is 20.8 Å². The molecule has 0 aromatic heterocycles. The Labute approximate surface area is 94.3 Å². The Morgan fingerprint density at radius 3 is 2.06 bits per heavy atom. The first kappa shape index (κ1) is 14.4. The quantitative estimate of drug-likeness (QED) is 0.674. The highest BCUT2D eigenvalue weighted by Crippen LogP contribution is 2.01. The predicted octanol–water partition coefficient (Wildman–Crippen LogP) is 0.00580. The van der Waals surface area contributed by atoms with Crippen molar-refractivity contribution in [3.63, 3.8) is 0 Å². The van der Waals surface area contributed by atoms with Gasteiger partial charge in [0.1, 0.15) is 12.7 Å². The Kier molecular flexibility index (Phi) is 6.14. The van der Waals surface area contributed by atoms with Gasteiger partial charge in [-0.05, 0) is 6.92 Å². The van der Waals surface area contributed by atoms with Crippen molar-refractivity contribution in [3.8, 4) is 0 Å². The topological polar surface area (TPSA) is 81.7 Å². The summed E-state index contributed by atoms with van der Waals surface area (Å²) in [6.07, 6.45) is -0.555. The van der Waals surface area contributed by atoms with Crippen LogP contribution < -0.4 is 5.32 Å². The Morgan fingerprint density at radius 2 is 1.69 bits per heavy atom. The maximum absolute atomic E-state index is 10.9. The van der Waals surface area contributed by atoms with Gasteiger partial charge in [0.25, 0.3) is 0 Å². The molecular weight excluding hydrogens is 214 g/mol. The molecule has 0 saturated heterocycles. The summed E-state index contributed by atoms with van der Waals surface area (Å²) >= 11 is 0. The second-order valence-electron chi connectivity index (χ2n) is 3.42. The van der Waals surface area contributed by atoms with E-state index in [0.717, 1.165) is 0 Å². The van der Waals surface area contributed by atoms with E-state index in [4.69, 9.17) is 9.47 Å². The fourth-order valence-electron chi connectivity index (χ4n) is 1.11. The summed E-state index contributed by atoms with van der Waals surface area (Å²) in [5.41, 5.74) is 0. The lowest BCUT2D eigenvalue weighted by Gasteiger charge is -2.23. The molecule has 0 unspecified atom stereocenters. The largest absolute Gasteiger partial charge is 0.464 e. The summed E-state index contributed by atoms with van der Waals surface area (Å²) in [5, 5.41) is 2.55. The molecule has 16 heavy (non-hydrogen) atoms. The molecule has 6 heteroatoms. The molecule has 92 valence electrons. The van der Waals surface area contributed by atoms with E-state index in [0.29, 0.717) is 0 Å². The normalized spacial score (nSPS) is 13.5. The molecule has 0 aliphatic heterocycles. The van der Waals surface area contributed by atoms with Gasteiger partial charge >= 0.3 is 11.9 Å². The number of hydrogen-bond acceptors (Lipinski definition) is 5. The van der Waals surface area contributed by atoms with Gasteiger partial charge in [0, 0.05) is 20.8 Å². The Balaban J connectivity index is 4.33. The average Bonchev–Trinajstić information content (AvgIpc) is 2.09. The summed E-state index contributed by atoms with van der Waals surface area (Å²) in [6.45, 7) is 5.46. The first-order valence-electron chi connectivity index (χ1n) is 4.90. The van der Waals surface area contributed by atoms with Crippen molar-refractivity contribution in [1.29, 1.82) is 0 Å². The Morgan fingerprint density at radius 1 is 1.12 bits per heavy atom. The Hall–Kier alpha value is -1.59. The highest BCUT2D eigenvalue weighted by Gasteiger charge is 2.21. The van der Waals surface area contributed by atoms with Crippen LogP contribution in [-0.2, 0) is 23.9 Å². The van der Waals surface area contributed by atoms with Crippen molar-refractivity contribution in [2.45, 2.75) is 39.8 Å². The van der Waals surface area contributed by atoms with Crippen molar-refractivity contribution < 1.29 is 23.9 Å². The van der Waals surface area contributed by atoms with E-state index in [9.17, 15) is 14.4 Å². The van der Waals surface area contributed by atoms with Gasteiger partial charge in [-0.2, -0.15) is 0 Å². The van der Waals surface area contributed by atoms with E-state index >= 15 is 0 Å². The zero-order valence-corrected chi connectivity index (χ0v) is 9.90. The molecule has 0 spiro atoms. The highest BCUT2D eigenvalue weighted by atomic mass is 16.6. The monoisotopic (exact) mass is 231 g/mol. The third kappa shape index (κ3) is 6.80. The summed E-state index contributed by atoms with van der Waals surface area (Å²) in [6, 6.07) is -0.537. The summed E-state index contributed by atoms with van der Waals surface area (Å²) in [5.74, 6) is -1.19. The molecule has 0 bridgehead atoms. The van der Waals surface area contributed by atoms with Crippen molar-refractivity contribution in [1.82, 2.24) is 5.32 Å². The van der Waals surface area contributed by atoms with Gasteiger partial charge in [0.15, 0.2) is 0 Å². The summed E-state index contributed by atoms with van der Waals surface area (Å²) < 4.78 is 9.66. The van der Waals surface area contributed by atoms with Crippen molar-refractivity contribution >= 4 is 17.8 Å². The number of amides is 1. The van der Waals surface area contributed by atoms with E-state index < -0.39 is 24.1 Å². The molecule has 0 aromatic rings. The molecule has 0 heterocycles. The first-order chi connectivity index (χ1) is 7.32. The van der Waals surface area contributed by atoms with Crippen LogP contribution in [0, 0.1) is 0 Å². The van der Waals surface area contributed by atoms with Crippen LogP contribution in [0.4, 0.5) is 0 Å².